The van der Waals surface area contributed by atoms with E-state index in [0.29, 0.717) is 12.2 Å². The van der Waals surface area contributed by atoms with Crippen molar-refractivity contribution < 1.29 is 38.8 Å². The first-order chi connectivity index (χ1) is 22.2. The fourth-order valence-corrected chi connectivity index (χ4v) is 5.85. The molecule has 0 aliphatic heterocycles. The first-order valence-electron chi connectivity index (χ1n) is 16.4. The third kappa shape index (κ3) is 16.5. The zero-order valence-corrected chi connectivity index (χ0v) is 29.0. The van der Waals surface area contributed by atoms with Crippen molar-refractivity contribution in [2.24, 2.45) is 5.92 Å². The second-order valence-electron chi connectivity index (χ2n) is 11.3. The third-order valence-corrected chi connectivity index (χ3v) is 8.79. The Morgan fingerprint density at radius 2 is 1.65 bits per heavy atom. The largest absolute Gasteiger partial charge is 0.481 e. The number of benzene rings is 1. The summed E-state index contributed by atoms with van der Waals surface area (Å²) in [6.07, 6.45) is 14.3. The maximum atomic E-state index is 13.6. The number of carboxylic acids is 1. The van der Waals surface area contributed by atoms with Crippen LogP contribution >= 0.6 is 11.8 Å². The van der Waals surface area contributed by atoms with Crippen molar-refractivity contribution in [3.8, 4) is 17.6 Å². The highest BCUT2D eigenvalue weighted by Gasteiger charge is 2.47. The van der Waals surface area contributed by atoms with E-state index >= 15 is 0 Å². The number of amides is 1. The van der Waals surface area contributed by atoms with Crippen LogP contribution in [0.4, 0.5) is 0 Å². The van der Waals surface area contributed by atoms with Gasteiger partial charge in [0.15, 0.2) is 5.60 Å². The fraction of sp³-hybridized carbons (Fsp3) is 0.639. The van der Waals surface area contributed by atoms with Crippen LogP contribution in [0.5, 0.6) is 5.75 Å². The quantitative estimate of drug-likeness (QED) is 0.0476. The Balaban J connectivity index is 2.84. The summed E-state index contributed by atoms with van der Waals surface area (Å²) in [5.74, 6) is 4.05. The van der Waals surface area contributed by atoms with Crippen LogP contribution in [-0.4, -0.2) is 78.6 Å². The molecule has 1 aromatic carbocycles. The summed E-state index contributed by atoms with van der Waals surface area (Å²) >= 11 is 2.02. The summed E-state index contributed by atoms with van der Waals surface area (Å²) in [7, 11) is 2.60. The highest BCUT2D eigenvalue weighted by Crippen LogP contribution is 2.26. The van der Waals surface area contributed by atoms with Crippen LogP contribution < -0.4 is 10.1 Å². The van der Waals surface area contributed by atoms with Gasteiger partial charge in [-0.25, -0.2) is 9.59 Å². The van der Waals surface area contributed by atoms with Crippen molar-refractivity contribution in [2.45, 2.75) is 103 Å². The summed E-state index contributed by atoms with van der Waals surface area (Å²) in [6, 6.07) is 5.87. The van der Waals surface area contributed by atoms with E-state index in [1.807, 2.05) is 11.8 Å². The van der Waals surface area contributed by atoms with Gasteiger partial charge in [0.1, 0.15) is 18.4 Å². The average Bonchev–Trinajstić information content (AvgIpc) is 3.05. The molecule has 0 unspecified atom stereocenters. The third-order valence-electron chi connectivity index (χ3n) is 7.64. The van der Waals surface area contributed by atoms with E-state index in [1.165, 1.54) is 58.2 Å². The first kappa shape index (κ1) is 41.0. The number of aliphatic carboxylic acids is 1. The van der Waals surface area contributed by atoms with Gasteiger partial charge in [-0.3, -0.25) is 4.79 Å². The molecule has 3 N–H and O–H groups in total. The predicted molar refractivity (Wildman–Crippen MR) is 184 cm³/mol. The van der Waals surface area contributed by atoms with E-state index in [2.05, 4.69) is 24.1 Å². The highest BCUT2D eigenvalue weighted by molar-refractivity contribution is 7.99. The van der Waals surface area contributed by atoms with Gasteiger partial charge in [0.05, 0.1) is 13.0 Å². The summed E-state index contributed by atoms with van der Waals surface area (Å²) < 4.78 is 15.5. The van der Waals surface area contributed by atoms with Crippen LogP contribution in [0.3, 0.4) is 0 Å². The van der Waals surface area contributed by atoms with Crippen LogP contribution in [0, 0.1) is 17.8 Å². The number of carbonyl (C=O) groups excluding carboxylic acids is 2. The molecule has 0 aliphatic rings. The van der Waals surface area contributed by atoms with Gasteiger partial charge < -0.3 is 29.7 Å². The van der Waals surface area contributed by atoms with Crippen LogP contribution in [0.15, 0.2) is 36.4 Å². The van der Waals surface area contributed by atoms with Crippen LogP contribution in [0.25, 0.3) is 0 Å². The number of nitrogens with one attached hydrogen (secondary N) is 1. The second-order valence-corrected chi connectivity index (χ2v) is 12.5. The van der Waals surface area contributed by atoms with Gasteiger partial charge in [-0.2, -0.15) is 11.8 Å². The first-order valence-corrected chi connectivity index (χ1v) is 17.6. The predicted octanol–water partition coefficient (Wildman–Crippen LogP) is 5.97. The van der Waals surface area contributed by atoms with E-state index < -0.39 is 35.4 Å². The van der Waals surface area contributed by atoms with Gasteiger partial charge in [-0.1, -0.05) is 75.7 Å². The summed E-state index contributed by atoms with van der Waals surface area (Å²) in [5, 5.41) is 23.9. The van der Waals surface area contributed by atoms with E-state index in [9.17, 15) is 24.6 Å². The molecular formula is C36H55NO8S. The number of allylic oxidation sites excluding steroid dienone is 1. The highest BCUT2D eigenvalue weighted by atomic mass is 32.2. The van der Waals surface area contributed by atoms with E-state index in [0.717, 1.165) is 37.0 Å². The Bertz CT molecular complexity index is 1100. The van der Waals surface area contributed by atoms with Crippen LogP contribution in [0.2, 0.25) is 0 Å². The number of aliphatic hydroxyl groups is 1. The zero-order valence-electron chi connectivity index (χ0n) is 28.2. The molecule has 10 heteroatoms. The lowest BCUT2D eigenvalue weighted by Gasteiger charge is -2.30. The van der Waals surface area contributed by atoms with Crippen LogP contribution in [0.1, 0.15) is 90.0 Å². The lowest BCUT2D eigenvalue weighted by Crippen LogP contribution is -2.55. The molecule has 258 valence electrons. The minimum atomic E-state index is -2.44. The molecule has 3 atom stereocenters. The van der Waals surface area contributed by atoms with Crippen molar-refractivity contribution >= 4 is 29.6 Å². The normalized spacial score (nSPS) is 13.7. The molecule has 1 amide bonds. The number of thioether (sulfide) groups is 1. The molecule has 46 heavy (non-hydrogen) atoms. The van der Waals surface area contributed by atoms with E-state index in [1.54, 1.807) is 37.3 Å². The lowest BCUT2D eigenvalue weighted by atomic mass is 9.83. The Morgan fingerprint density at radius 1 is 1.00 bits per heavy atom. The van der Waals surface area contributed by atoms with Crippen molar-refractivity contribution in [1.29, 1.82) is 0 Å². The SMILES string of the molecule is CC#CCOc1ccc(C[C@H](NC(=O)[C@@H](/C=C/CCCCCCSCCCCCCC)[C@@](O)(CCOC)C(=O)O)C(=O)OC)cc1. The maximum Gasteiger partial charge on any atom is 0.336 e. The number of methoxy groups -OCH3 is 2. The molecule has 9 nitrogen and oxygen atoms in total. The molecule has 1 aromatic rings. The molecule has 0 bridgehead atoms. The topological polar surface area (TPSA) is 131 Å². The fourth-order valence-electron chi connectivity index (χ4n) is 4.82. The van der Waals surface area contributed by atoms with Crippen LogP contribution in [-0.2, 0) is 30.3 Å². The van der Waals surface area contributed by atoms with Crippen molar-refractivity contribution in [3.63, 3.8) is 0 Å². The number of unbranched alkanes of at least 4 members (excludes halogenated alkanes) is 8. The molecule has 1 rings (SSSR count). The van der Waals surface area contributed by atoms with Gasteiger partial charge in [0.25, 0.3) is 0 Å². The van der Waals surface area contributed by atoms with Gasteiger partial charge in [0.2, 0.25) is 5.91 Å². The molecule has 0 aliphatic carbocycles. The monoisotopic (exact) mass is 661 g/mol. The summed E-state index contributed by atoms with van der Waals surface area (Å²) in [4.78, 5) is 38.5. The molecular weight excluding hydrogens is 606 g/mol. The number of rotatable bonds is 26. The lowest BCUT2D eigenvalue weighted by molar-refractivity contribution is -0.169. The van der Waals surface area contributed by atoms with Gasteiger partial charge in [-0.15, -0.1) is 5.92 Å². The van der Waals surface area contributed by atoms with Crippen molar-refractivity contribution in [1.82, 2.24) is 5.32 Å². The van der Waals surface area contributed by atoms with E-state index in [4.69, 9.17) is 14.2 Å². The minimum Gasteiger partial charge on any atom is -0.481 e. The number of hydrogen-bond donors (Lipinski definition) is 3. The van der Waals surface area contributed by atoms with Gasteiger partial charge >= 0.3 is 11.9 Å². The van der Waals surface area contributed by atoms with Crippen molar-refractivity contribution in [3.05, 3.63) is 42.0 Å². The molecule has 0 fully saturated rings. The molecule has 0 heterocycles. The molecule has 0 saturated carbocycles. The molecule has 0 radical (unpaired) electrons. The number of ether oxygens (including phenoxy) is 3. The molecule has 0 saturated heterocycles. The Hall–Kier alpha value is -3.00. The molecule has 0 spiro atoms. The van der Waals surface area contributed by atoms with Gasteiger partial charge in [-0.05, 0) is 61.8 Å². The van der Waals surface area contributed by atoms with Crippen molar-refractivity contribution in [2.75, 3.05) is 38.9 Å². The Kier molecular flexibility index (Phi) is 22.4. The number of carboxylic acid groups (broad SMARTS) is 1. The van der Waals surface area contributed by atoms with E-state index in [-0.39, 0.29) is 26.1 Å². The smallest absolute Gasteiger partial charge is 0.336 e. The number of esters is 1. The Morgan fingerprint density at radius 3 is 2.24 bits per heavy atom. The summed E-state index contributed by atoms with van der Waals surface area (Å²) in [6.45, 7) is 4.13. The second kappa shape index (κ2) is 25.1. The maximum absolute atomic E-state index is 13.6. The number of hydrogen-bond acceptors (Lipinski definition) is 8. The Labute approximate surface area is 280 Å². The zero-order chi connectivity index (χ0) is 34.0. The number of carbonyl (C=O) groups is 3. The van der Waals surface area contributed by atoms with Gasteiger partial charge in [0, 0.05) is 26.6 Å². The average molecular weight is 662 g/mol. The summed E-state index contributed by atoms with van der Waals surface area (Å²) in [5.41, 5.74) is -1.72. The minimum absolute atomic E-state index is 0.0736. The standard InChI is InChI=1S/C36H55NO8S/c1-5-7-9-13-16-26-46-27-17-14-11-10-12-15-18-31(36(42,35(40)41)23-25-43-3)33(38)37-32(34(39)44-4)28-29-19-21-30(22-20-29)45-24-8-6-2/h15,18-22,31-32,42H,5,7,9-14,16-17,23-28H2,1-4H3,(H,37,38)(H,40,41)/b18-15+/t31-,32+,36+/m1/s1. The molecule has 0 aromatic heterocycles.